The number of likely N-dealkylation sites (N-methyl/N-ethyl adjacent to an activating group) is 1. The lowest BCUT2D eigenvalue weighted by Crippen LogP contribution is -2.38. The summed E-state index contributed by atoms with van der Waals surface area (Å²) in [5.74, 6) is 0.850. The largest absolute Gasteiger partial charge is 0.490 e. The van der Waals surface area contributed by atoms with Crippen LogP contribution in [0, 0.1) is 0 Å². The second kappa shape index (κ2) is 8.92. The van der Waals surface area contributed by atoms with E-state index in [9.17, 15) is 4.79 Å². The number of nitrogens with one attached hydrogen (secondary N) is 1. The highest BCUT2D eigenvalue weighted by Crippen LogP contribution is 2.24. The van der Waals surface area contributed by atoms with Crippen molar-refractivity contribution in [3.63, 3.8) is 0 Å². The molecule has 1 amide bonds. The maximum absolute atomic E-state index is 12.2. The Labute approximate surface area is 140 Å². The van der Waals surface area contributed by atoms with Gasteiger partial charge in [0.25, 0.3) is 5.91 Å². The minimum absolute atomic E-state index is 0.0165. The van der Waals surface area contributed by atoms with Crippen LogP contribution in [0.4, 0.5) is 0 Å². The molecule has 4 nitrogen and oxygen atoms in total. The minimum atomic E-state index is -0.0165. The Bertz CT molecular complexity index is 479. The van der Waals surface area contributed by atoms with E-state index in [2.05, 4.69) is 31.0 Å². The second-order valence-electron chi connectivity index (χ2n) is 6.53. The summed E-state index contributed by atoms with van der Waals surface area (Å²) in [5, 5.41) is 2.99. The van der Waals surface area contributed by atoms with Crippen LogP contribution in [0.2, 0.25) is 0 Å². The summed E-state index contributed by atoms with van der Waals surface area (Å²) in [6.07, 6.45) is 5.16. The van der Waals surface area contributed by atoms with Crippen molar-refractivity contribution >= 4 is 5.91 Å². The fourth-order valence-electron chi connectivity index (χ4n) is 3.08. The topological polar surface area (TPSA) is 41.6 Å². The van der Waals surface area contributed by atoms with Crippen molar-refractivity contribution in [3.8, 4) is 5.75 Å². The molecule has 0 saturated heterocycles. The van der Waals surface area contributed by atoms with Gasteiger partial charge in [0, 0.05) is 24.7 Å². The molecule has 23 heavy (non-hydrogen) atoms. The van der Waals surface area contributed by atoms with E-state index in [1.54, 1.807) is 0 Å². The Balaban J connectivity index is 1.78. The lowest BCUT2D eigenvalue weighted by Gasteiger charge is -2.24. The summed E-state index contributed by atoms with van der Waals surface area (Å²) in [6.45, 7) is 9.04. The molecule has 0 unspecified atom stereocenters. The van der Waals surface area contributed by atoms with Crippen molar-refractivity contribution in [3.05, 3.63) is 29.8 Å². The van der Waals surface area contributed by atoms with E-state index >= 15 is 0 Å². The van der Waals surface area contributed by atoms with E-state index in [-0.39, 0.29) is 5.91 Å². The van der Waals surface area contributed by atoms with Crippen LogP contribution in [0.1, 0.15) is 56.8 Å². The van der Waals surface area contributed by atoms with Gasteiger partial charge in [-0.25, -0.2) is 0 Å². The van der Waals surface area contributed by atoms with E-state index in [0.29, 0.717) is 24.3 Å². The van der Waals surface area contributed by atoms with Crippen molar-refractivity contribution in [2.24, 2.45) is 0 Å². The molecular weight excluding hydrogens is 288 g/mol. The highest BCUT2D eigenvalue weighted by Gasteiger charge is 2.16. The van der Waals surface area contributed by atoms with E-state index in [4.69, 9.17) is 4.74 Å². The van der Waals surface area contributed by atoms with Crippen LogP contribution in [0.5, 0.6) is 5.75 Å². The van der Waals surface area contributed by atoms with Crippen LogP contribution < -0.4 is 10.1 Å². The van der Waals surface area contributed by atoms with E-state index in [0.717, 1.165) is 31.7 Å². The molecule has 2 rings (SSSR count). The van der Waals surface area contributed by atoms with Crippen molar-refractivity contribution < 1.29 is 9.53 Å². The molecule has 0 atom stereocenters. The van der Waals surface area contributed by atoms with Gasteiger partial charge in [-0.05, 0) is 70.3 Å². The minimum Gasteiger partial charge on any atom is -0.490 e. The number of hydrogen-bond acceptors (Lipinski definition) is 3. The van der Waals surface area contributed by atoms with Crippen molar-refractivity contribution in [2.75, 3.05) is 19.6 Å². The molecule has 1 aliphatic carbocycles. The third kappa shape index (κ3) is 5.54. The third-order valence-corrected chi connectivity index (χ3v) is 4.54. The van der Waals surface area contributed by atoms with Gasteiger partial charge < -0.3 is 10.1 Å². The number of rotatable bonds is 8. The predicted octanol–water partition coefficient (Wildman–Crippen LogP) is 3.47. The van der Waals surface area contributed by atoms with Gasteiger partial charge in [-0.3, -0.25) is 9.69 Å². The molecule has 0 aromatic heterocycles. The Hall–Kier alpha value is -1.55. The molecule has 1 saturated carbocycles. The molecule has 1 aromatic rings. The molecule has 1 fully saturated rings. The van der Waals surface area contributed by atoms with Crippen molar-refractivity contribution in [1.82, 2.24) is 10.2 Å². The number of carbonyl (C=O) groups excluding carboxylic acids is 1. The summed E-state index contributed by atoms with van der Waals surface area (Å²) in [5.41, 5.74) is 0.691. The van der Waals surface area contributed by atoms with Gasteiger partial charge in [0.2, 0.25) is 0 Å². The average molecular weight is 318 g/mol. The zero-order chi connectivity index (χ0) is 16.7. The smallest absolute Gasteiger partial charge is 0.251 e. The maximum Gasteiger partial charge on any atom is 0.251 e. The first-order valence-electron chi connectivity index (χ1n) is 8.89. The molecule has 1 aromatic carbocycles. The van der Waals surface area contributed by atoms with Gasteiger partial charge in [0.15, 0.2) is 0 Å². The maximum atomic E-state index is 12.2. The molecule has 4 heteroatoms. The third-order valence-electron chi connectivity index (χ3n) is 4.54. The molecule has 0 bridgehead atoms. The van der Waals surface area contributed by atoms with Crippen LogP contribution >= 0.6 is 0 Å². The quantitative estimate of drug-likeness (QED) is 0.798. The fourth-order valence-corrected chi connectivity index (χ4v) is 3.08. The highest BCUT2D eigenvalue weighted by atomic mass is 16.5. The average Bonchev–Trinajstić information content (AvgIpc) is 3.04. The van der Waals surface area contributed by atoms with Crippen LogP contribution in [-0.4, -0.2) is 42.6 Å². The molecule has 1 N–H and O–H groups in total. The fraction of sp³-hybridized carbons (Fsp3) is 0.632. The monoisotopic (exact) mass is 318 g/mol. The second-order valence-corrected chi connectivity index (χ2v) is 6.53. The van der Waals surface area contributed by atoms with Crippen molar-refractivity contribution in [1.29, 1.82) is 0 Å². The summed E-state index contributed by atoms with van der Waals surface area (Å²) in [7, 11) is 0. The number of carbonyl (C=O) groups is 1. The Morgan fingerprint density at radius 3 is 2.48 bits per heavy atom. The standard InChI is InChI=1S/C19H30N2O2/c1-4-21(15(2)3)14-13-20-19(22)16-9-11-18(12-10-16)23-17-7-5-6-8-17/h9-12,15,17H,4-8,13-14H2,1-3H3,(H,20,22). The first-order chi connectivity index (χ1) is 11.1. The van der Waals surface area contributed by atoms with Gasteiger partial charge in [-0.1, -0.05) is 6.92 Å². The van der Waals surface area contributed by atoms with Crippen LogP contribution in [0.3, 0.4) is 0 Å². The van der Waals surface area contributed by atoms with Gasteiger partial charge in [0.05, 0.1) is 6.10 Å². The lowest BCUT2D eigenvalue weighted by atomic mass is 10.2. The highest BCUT2D eigenvalue weighted by molar-refractivity contribution is 5.94. The summed E-state index contributed by atoms with van der Waals surface area (Å²) in [6, 6.07) is 8.00. The number of benzene rings is 1. The number of ether oxygens (including phenoxy) is 1. The van der Waals surface area contributed by atoms with Gasteiger partial charge in [-0.15, -0.1) is 0 Å². The summed E-state index contributed by atoms with van der Waals surface area (Å²) >= 11 is 0. The molecule has 1 aliphatic rings. The normalized spacial score (nSPS) is 15.3. The van der Waals surface area contributed by atoms with Crippen LogP contribution in [-0.2, 0) is 0 Å². The van der Waals surface area contributed by atoms with Crippen LogP contribution in [0.15, 0.2) is 24.3 Å². The number of nitrogens with zero attached hydrogens (tertiary/aromatic N) is 1. The van der Waals surface area contributed by atoms with Gasteiger partial charge >= 0.3 is 0 Å². The Morgan fingerprint density at radius 1 is 1.26 bits per heavy atom. The van der Waals surface area contributed by atoms with E-state index in [1.807, 2.05) is 24.3 Å². The molecule has 0 radical (unpaired) electrons. The molecule has 0 aliphatic heterocycles. The van der Waals surface area contributed by atoms with Crippen LogP contribution in [0.25, 0.3) is 0 Å². The molecule has 0 spiro atoms. The summed E-state index contributed by atoms with van der Waals surface area (Å²) in [4.78, 5) is 14.5. The van der Waals surface area contributed by atoms with E-state index in [1.165, 1.54) is 12.8 Å². The predicted molar refractivity (Wildman–Crippen MR) is 94.0 cm³/mol. The lowest BCUT2D eigenvalue weighted by molar-refractivity contribution is 0.0946. The molecular formula is C19H30N2O2. The SMILES string of the molecule is CCN(CCNC(=O)c1ccc(OC2CCCC2)cc1)C(C)C. The van der Waals surface area contributed by atoms with E-state index < -0.39 is 0 Å². The van der Waals surface area contributed by atoms with Gasteiger partial charge in [-0.2, -0.15) is 0 Å². The Morgan fingerprint density at radius 2 is 1.91 bits per heavy atom. The zero-order valence-corrected chi connectivity index (χ0v) is 14.7. The zero-order valence-electron chi connectivity index (χ0n) is 14.7. The number of amides is 1. The summed E-state index contributed by atoms with van der Waals surface area (Å²) < 4.78 is 5.93. The number of hydrogen-bond donors (Lipinski definition) is 1. The first-order valence-corrected chi connectivity index (χ1v) is 8.89. The van der Waals surface area contributed by atoms with Crippen molar-refractivity contribution in [2.45, 2.75) is 58.6 Å². The molecule has 128 valence electrons. The van der Waals surface area contributed by atoms with Gasteiger partial charge in [0.1, 0.15) is 5.75 Å². The molecule has 0 heterocycles. The first kappa shape index (κ1) is 17.8. The Kier molecular flexibility index (Phi) is 6.90.